The van der Waals surface area contributed by atoms with Gasteiger partial charge in [0.2, 0.25) is 0 Å². The van der Waals surface area contributed by atoms with Gasteiger partial charge in [-0.1, -0.05) is 47.5 Å². The van der Waals surface area contributed by atoms with Gasteiger partial charge in [-0.05, 0) is 36.6 Å². The van der Waals surface area contributed by atoms with Gasteiger partial charge in [-0.3, -0.25) is 0 Å². The average Bonchev–Trinajstić information content (AvgIpc) is 2.29. The number of aryl methyl sites for hydroxylation is 2. The average molecular weight is 226 g/mol. The van der Waals surface area contributed by atoms with E-state index in [1.807, 2.05) is 6.07 Å². The van der Waals surface area contributed by atoms with Crippen molar-refractivity contribution in [2.75, 3.05) is 0 Å². The molecule has 0 radical (unpaired) electrons. The summed E-state index contributed by atoms with van der Waals surface area (Å²) < 4.78 is 0. The maximum Gasteiger partial charge on any atom is 0.0784 e. The fraction of sp³-hybridized carbons (Fsp3) is 0.200. The molecule has 0 amide bonds. The molecule has 0 aliphatic heterocycles. The van der Waals surface area contributed by atoms with E-state index in [-0.39, 0.29) is 0 Å². The van der Waals surface area contributed by atoms with Gasteiger partial charge < -0.3 is 11.5 Å². The summed E-state index contributed by atoms with van der Waals surface area (Å²) in [6.45, 7) is 4.14. The molecule has 0 aliphatic rings. The van der Waals surface area contributed by atoms with Crippen LogP contribution in [0.25, 0.3) is 11.1 Å². The highest BCUT2D eigenvalue weighted by molar-refractivity contribution is 5.65. The monoisotopic (exact) mass is 226 g/mol. The molecule has 2 aromatic carbocycles. The van der Waals surface area contributed by atoms with Gasteiger partial charge in [0.05, 0.1) is 6.17 Å². The molecule has 0 saturated heterocycles. The minimum Gasteiger partial charge on any atom is -0.312 e. The molecule has 0 heterocycles. The van der Waals surface area contributed by atoms with E-state index in [0.29, 0.717) is 0 Å². The fourth-order valence-electron chi connectivity index (χ4n) is 1.92. The summed E-state index contributed by atoms with van der Waals surface area (Å²) in [6, 6.07) is 14.7. The van der Waals surface area contributed by atoms with Crippen LogP contribution >= 0.6 is 0 Å². The van der Waals surface area contributed by atoms with Crippen LogP contribution in [-0.4, -0.2) is 0 Å². The van der Waals surface area contributed by atoms with Gasteiger partial charge in [-0.25, -0.2) is 0 Å². The van der Waals surface area contributed by atoms with E-state index in [2.05, 4.69) is 50.2 Å². The third kappa shape index (κ3) is 2.73. The first-order chi connectivity index (χ1) is 8.06. The molecule has 2 heteroatoms. The van der Waals surface area contributed by atoms with E-state index in [1.54, 1.807) is 0 Å². The standard InChI is InChI=1S/C15H18N2/c1-10-3-5-12(6-4-10)13-7-11(2)8-14(9-13)15(16)17/h3-9,15H,16-17H2,1-2H3. The first-order valence-electron chi connectivity index (χ1n) is 5.76. The lowest BCUT2D eigenvalue weighted by Crippen LogP contribution is -2.20. The maximum absolute atomic E-state index is 5.73. The molecule has 0 atom stereocenters. The van der Waals surface area contributed by atoms with Crippen LogP contribution in [0.4, 0.5) is 0 Å². The van der Waals surface area contributed by atoms with Gasteiger partial charge in [0.15, 0.2) is 0 Å². The van der Waals surface area contributed by atoms with Gasteiger partial charge in [0.1, 0.15) is 0 Å². The number of benzene rings is 2. The number of hydrogen-bond acceptors (Lipinski definition) is 2. The number of rotatable bonds is 2. The molecular formula is C15H18N2. The van der Waals surface area contributed by atoms with Gasteiger partial charge in [-0.15, -0.1) is 0 Å². The van der Waals surface area contributed by atoms with Gasteiger partial charge in [0, 0.05) is 0 Å². The van der Waals surface area contributed by atoms with E-state index in [9.17, 15) is 0 Å². The Kier molecular flexibility index (Phi) is 3.27. The molecule has 2 rings (SSSR count). The Hall–Kier alpha value is -1.64. The highest BCUT2D eigenvalue weighted by atomic mass is 14.8. The Balaban J connectivity index is 2.48. The minimum atomic E-state index is -0.418. The van der Waals surface area contributed by atoms with Crippen LogP contribution in [0.15, 0.2) is 42.5 Å². The van der Waals surface area contributed by atoms with E-state index in [0.717, 1.165) is 5.56 Å². The lowest BCUT2D eigenvalue weighted by atomic mass is 9.98. The molecule has 4 N–H and O–H groups in total. The van der Waals surface area contributed by atoms with Crippen molar-refractivity contribution >= 4 is 0 Å². The summed E-state index contributed by atoms with van der Waals surface area (Å²) in [7, 11) is 0. The predicted octanol–water partition coefficient (Wildman–Crippen LogP) is 2.89. The summed E-state index contributed by atoms with van der Waals surface area (Å²) >= 11 is 0. The van der Waals surface area contributed by atoms with Crippen LogP contribution in [0.1, 0.15) is 22.9 Å². The maximum atomic E-state index is 5.73. The molecule has 2 nitrogen and oxygen atoms in total. The molecule has 0 aromatic heterocycles. The SMILES string of the molecule is Cc1ccc(-c2cc(C)cc(C(N)N)c2)cc1. The van der Waals surface area contributed by atoms with Gasteiger partial charge in [0.25, 0.3) is 0 Å². The third-order valence-corrected chi connectivity index (χ3v) is 2.87. The smallest absolute Gasteiger partial charge is 0.0784 e. The second-order valence-corrected chi connectivity index (χ2v) is 4.52. The lowest BCUT2D eigenvalue weighted by Gasteiger charge is -2.10. The molecular weight excluding hydrogens is 208 g/mol. The largest absolute Gasteiger partial charge is 0.312 e. The first-order valence-corrected chi connectivity index (χ1v) is 5.76. The Labute approximate surface area is 102 Å². The second kappa shape index (κ2) is 4.70. The summed E-state index contributed by atoms with van der Waals surface area (Å²) in [4.78, 5) is 0. The summed E-state index contributed by atoms with van der Waals surface area (Å²) in [5.41, 5.74) is 17.2. The predicted molar refractivity (Wildman–Crippen MR) is 72.5 cm³/mol. The van der Waals surface area contributed by atoms with Crippen molar-refractivity contribution in [1.29, 1.82) is 0 Å². The van der Waals surface area contributed by atoms with Gasteiger partial charge >= 0.3 is 0 Å². The molecule has 17 heavy (non-hydrogen) atoms. The number of nitrogens with two attached hydrogens (primary N) is 2. The molecule has 0 spiro atoms. The van der Waals surface area contributed by atoms with Crippen LogP contribution in [0.3, 0.4) is 0 Å². The third-order valence-electron chi connectivity index (χ3n) is 2.87. The zero-order chi connectivity index (χ0) is 12.4. The van der Waals surface area contributed by atoms with Crippen molar-refractivity contribution in [3.8, 4) is 11.1 Å². The molecule has 88 valence electrons. The van der Waals surface area contributed by atoms with Crippen molar-refractivity contribution in [1.82, 2.24) is 0 Å². The summed E-state index contributed by atoms with van der Waals surface area (Å²) in [6.07, 6.45) is -0.418. The lowest BCUT2D eigenvalue weighted by molar-refractivity contribution is 0.773. The van der Waals surface area contributed by atoms with Crippen LogP contribution < -0.4 is 11.5 Å². The highest BCUT2D eigenvalue weighted by Crippen LogP contribution is 2.23. The first kappa shape index (κ1) is 11.8. The van der Waals surface area contributed by atoms with E-state index in [4.69, 9.17) is 11.5 Å². The van der Waals surface area contributed by atoms with Crippen molar-refractivity contribution < 1.29 is 0 Å². The molecule has 0 saturated carbocycles. The van der Waals surface area contributed by atoms with Crippen molar-refractivity contribution in [2.45, 2.75) is 20.0 Å². The van der Waals surface area contributed by atoms with E-state index in [1.165, 1.54) is 22.3 Å². The normalized spacial score (nSPS) is 10.9. The highest BCUT2D eigenvalue weighted by Gasteiger charge is 2.04. The molecule has 0 bridgehead atoms. The minimum absolute atomic E-state index is 0.418. The molecule has 0 unspecified atom stereocenters. The van der Waals surface area contributed by atoms with Crippen LogP contribution in [-0.2, 0) is 0 Å². The Morgan fingerprint density at radius 2 is 1.41 bits per heavy atom. The van der Waals surface area contributed by atoms with E-state index >= 15 is 0 Å². The zero-order valence-electron chi connectivity index (χ0n) is 10.3. The second-order valence-electron chi connectivity index (χ2n) is 4.52. The Morgan fingerprint density at radius 3 is 2.00 bits per heavy atom. The topological polar surface area (TPSA) is 52.0 Å². The Morgan fingerprint density at radius 1 is 0.765 bits per heavy atom. The van der Waals surface area contributed by atoms with Crippen molar-refractivity contribution in [3.05, 3.63) is 59.2 Å². The fourth-order valence-corrected chi connectivity index (χ4v) is 1.92. The Bertz CT molecular complexity index is 513. The molecule has 0 fully saturated rings. The zero-order valence-corrected chi connectivity index (χ0v) is 10.3. The van der Waals surface area contributed by atoms with E-state index < -0.39 is 6.17 Å². The summed E-state index contributed by atoms with van der Waals surface area (Å²) in [5, 5.41) is 0. The van der Waals surface area contributed by atoms with Crippen molar-refractivity contribution in [3.63, 3.8) is 0 Å². The van der Waals surface area contributed by atoms with Crippen LogP contribution in [0, 0.1) is 13.8 Å². The molecule has 0 aliphatic carbocycles. The number of hydrogen-bond donors (Lipinski definition) is 2. The van der Waals surface area contributed by atoms with Gasteiger partial charge in [-0.2, -0.15) is 0 Å². The van der Waals surface area contributed by atoms with Crippen LogP contribution in [0.2, 0.25) is 0 Å². The quantitative estimate of drug-likeness (QED) is 0.774. The van der Waals surface area contributed by atoms with Crippen molar-refractivity contribution in [2.24, 2.45) is 11.5 Å². The molecule has 2 aromatic rings. The summed E-state index contributed by atoms with van der Waals surface area (Å²) in [5.74, 6) is 0. The van der Waals surface area contributed by atoms with Crippen LogP contribution in [0.5, 0.6) is 0 Å².